The van der Waals surface area contributed by atoms with Crippen molar-refractivity contribution < 1.29 is 31.8 Å². The monoisotopic (exact) mass is 967 g/mol. The number of aromatic amines is 1. The van der Waals surface area contributed by atoms with Gasteiger partial charge in [-0.3, -0.25) is 24.0 Å². The smallest absolute Gasteiger partial charge is 0.312 e. The molecule has 3 aromatic heterocycles. The number of nitrogens with one attached hydrogen (secondary N) is 3. The summed E-state index contributed by atoms with van der Waals surface area (Å²) in [5.41, 5.74) is 3.90. The zero-order valence-electron chi connectivity index (χ0n) is 39.1. The highest BCUT2D eigenvalue weighted by molar-refractivity contribution is 7.92. The van der Waals surface area contributed by atoms with Crippen LogP contribution in [0.5, 0.6) is 11.5 Å². The number of hydrogen-bond acceptors (Lipinski definition) is 14. The Kier molecular flexibility index (Phi) is 13.5. The lowest BCUT2D eigenvalue weighted by molar-refractivity contribution is -0.384. The van der Waals surface area contributed by atoms with Crippen LogP contribution in [0.1, 0.15) is 98.7 Å². The number of piperidine rings is 1. The number of rotatable bonds is 14. The van der Waals surface area contributed by atoms with Crippen LogP contribution >= 0.6 is 0 Å². The van der Waals surface area contributed by atoms with Gasteiger partial charge in [0.25, 0.3) is 15.9 Å². The van der Waals surface area contributed by atoms with E-state index in [9.17, 15) is 27.5 Å². The summed E-state index contributed by atoms with van der Waals surface area (Å²) < 4.78 is 58.6. The van der Waals surface area contributed by atoms with Gasteiger partial charge in [0.15, 0.2) is 0 Å². The highest BCUT2D eigenvalue weighted by Gasteiger charge is 2.49. The van der Waals surface area contributed by atoms with E-state index in [1.807, 2.05) is 6.07 Å². The molecule has 4 aliphatic rings. The first kappa shape index (κ1) is 47.4. The molecule has 1 atom stereocenters. The highest BCUT2D eigenvalue weighted by Crippen LogP contribution is 2.53. The van der Waals surface area contributed by atoms with Crippen molar-refractivity contribution in [2.75, 3.05) is 62.1 Å². The fraction of sp³-hybridized carbons (Fsp3) is 0.490. The second-order valence-electron chi connectivity index (χ2n) is 19.6. The first-order valence-corrected chi connectivity index (χ1v) is 27.4. The predicted octanol–water partition coefficient (Wildman–Crippen LogP) is 8.42. The molecule has 362 valence electrons. The fourth-order valence-corrected chi connectivity index (χ4v) is 12.6. The van der Waals surface area contributed by atoms with Gasteiger partial charge in [0.2, 0.25) is 5.82 Å². The number of sulfonamides is 1. The number of H-pyrrole nitrogens is 1. The summed E-state index contributed by atoms with van der Waals surface area (Å²) in [6, 6.07) is 19.2. The third-order valence-electron chi connectivity index (χ3n) is 14.3. The normalized spacial score (nSPS) is 21.4. The number of ether oxygens (including phenoxy) is 2. The van der Waals surface area contributed by atoms with Crippen molar-refractivity contribution in [2.45, 2.75) is 94.2 Å². The molecule has 1 spiro atoms. The van der Waals surface area contributed by atoms with Crippen molar-refractivity contribution in [2.24, 2.45) is 15.7 Å². The number of aromatic nitrogens is 3. The Labute approximate surface area is 398 Å². The third kappa shape index (κ3) is 10.5. The van der Waals surface area contributed by atoms with Crippen LogP contribution in [0.15, 0.2) is 88.5 Å². The molecule has 1 amide bonds. The quantitative estimate of drug-likeness (QED) is 0.0705. The maximum atomic E-state index is 14.0. The van der Waals surface area contributed by atoms with Crippen LogP contribution in [0, 0.1) is 21.4 Å². The van der Waals surface area contributed by atoms with Gasteiger partial charge in [-0.15, -0.1) is 0 Å². The number of carbonyl (C=O) groups excluding carboxylic acids is 1. The van der Waals surface area contributed by atoms with E-state index in [1.54, 1.807) is 43.0 Å². The van der Waals surface area contributed by atoms with Crippen LogP contribution in [0.4, 0.5) is 17.2 Å². The average molecular weight is 968 g/mol. The molecule has 0 unspecified atom stereocenters. The Morgan fingerprint density at radius 2 is 1.76 bits per heavy atom. The van der Waals surface area contributed by atoms with Crippen LogP contribution in [-0.4, -0.2) is 107 Å². The van der Waals surface area contributed by atoms with E-state index in [-0.39, 0.29) is 40.5 Å². The molecule has 5 aromatic rings. The lowest BCUT2D eigenvalue weighted by atomic mass is 9.59. The van der Waals surface area contributed by atoms with Crippen LogP contribution in [0.3, 0.4) is 0 Å². The second kappa shape index (κ2) is 19.4. The Bertz CT molecular complexity index is 2900. The molecule has 68 heavy (non-hydrogen) atoms. The number of fused-ring (bicyclic) bond motifs is 1. The standard InChI is InChI=1S/C49H61N9O8S2/c1-32(2)40-7-5-6-8-41(40)44-31-65-22-21-57(44)37-26-49(27-37)16-19-56(20-17-49)36-13-14-42(45(24-36)66-38-23-34-15-18-50-46(34)52-29-38)48(59)55-68(63,64)39-25-43(58(60)61)47(53-30-39)51-28-33-9-11-35(12-10-33)54-67(3,4)62/h5-8,13-15,18,23-25,29-30,32-33,35,37,44H,9-12,16-17,19-22,26-28,31H2,1-4H3,(H,50,52)(H,51,53)(H,55,59)/t33-,35-,44-/m0/s1. The number of hydrogen-bond donors (Lipinski definition) is 3. The van der Waals surface area contributed by atoms with Gasteiger partial charge in [0.05, 0.1) is 48.2 Å². The molecule has 9 rings (SSSR count). The van der Waals surface area contributed by atoms with Gasteiger partial charge in [0, 0.05) is 83.9 Å². The molecule has 2 aliphatic heterocycles. The van der Waals surface area contributed by atoms with Gasteiger partial charge in [-0.25, -0.2) is 27.5 Å². The summed E-state index contributed by atoms with van der Waals surface area (Å²) in [5, 5.41) is 16.0. The van der Waals surface area contributed by atoms with Crippen LogP contribution in [0.25, 0.3) is 11.0 Å². The molecule has 2 aromatic carbocycles. The number of pyridine rings is 2. The summed E-state index contributed by atoms with van der Waals surface area (Å²) in [5.74, 6) is 0.0202. The van der Waals surface area contributed by atoms with E-state index in [0.717, 1.165) is 101 Å². The Hall–Kier alpha value is -5.63. The largest absolute Gasteiger partial charge is 0.455 e. The average Bonchev–Trinajstić information content (AvgIpc) is 3.78. The maximum absolute atomic E-state index is 14.0. The minimum atomic E-state index is -4.65. The summed E-state index contributed by atoms with van der Waals surface area (Å²) in [6.07, 6.45) is 14.9. The molecule has 2 aliphatic carbocycles. The number of nitrogens with zero attached hydrogens (tertiary/aromatic N) is 6. The van der Waals surface area contributed by atoms with Crippen molar-refractivity contribution in [1.82, 2.24) is 24.6 Å². The highest BCUT2D eigenvalue weighted by atomic mass is 32.2. The Morgan fingerprint density at radius 1 is 1.00 bits per heavy atom. The molecule has 19 heteroatoms. The van der Waals surface area contributed by atoms with Crippen LogP contribution < -0.4 is 19.7 Å². The molecule has 0 radical (unpaired) electrons. The van der Waals surface area contributed by atoms with E-state index < -0.39 is 41.2 Å². The van der Waals surface area contributed by atoms with E-state index in [4.69, 9.17) is 9.47 Å². The number of carbonyl (C=O) groups is 1. The van der Waals surface area contributed by atoms with Crippen molar-refractivity contribution in [1.29, 1.82) is 0 Å². The lowest BCUT2D eigenvalue weighted by Crippen LogP contribution is -2.58. The summed E-state index contributed by atoms with van der Waals surface area (Å²) in [4.78, 5) is 41.6. The van der Waals surface area contributed by atoms with Gasteiger partial charge in [-0.1, -0.05) is 38.1 Å². The summed E-state index contributed by atoms with van der Waals surface area (Å²) in [7, 11) is -6.86. The SMILES string of the molecule is CC(C)c1ccccc1[C@@H]1COCCN1C1CC2(CCN(c3ccc(C(=O)NS(=O)(=O)c4cnc(NC[C@H]5CC[C@H](N=S(C)(C)=O)CC5)c([N+](=O)[O-])c4)c(Oc4cnc5[nH]ccc5c4)c3)CC2)C1. The van der Waals surface area contributed by atoms with Crippen LogP contribution in [0.2, 0.25) is 0 Å². The zero-order valence-corrected chi connectivity index (χ0v) is 40.7. The molecule has 2 saturated heterocycles. The van der Waals surface area contributed by atoms with Gasteiger partial charge in [-0.05, 0) is 104 Å². The molecular formula is C49H61N9O8S2. The summed E-state index contributed by atoms with van der Waals surface area (Å²) >= 11 is 0. The molecule has 17 nitrogen and oxygen atoms in total. The van der Waals surface area contributed by atoms with Crippen molar-refractivity contribution >= 4 is 53.9 Å². The van der Waals surface area contributed by atoms with E-state index in [1.165, 1.54) is 17.3 Å². The topological polar surface area (TPSA) is 214 Å². The number of amides is 1. The number of benzene rings is 2. The first-order chi connectivity index (χ1) is 32.5. The van der Waals surface area contributed by atoms with E-state index in [0.29, 0.717) is 36.5 Å². The van der Waals surface area contributed by atoms with Crippen molar-refractivity contribution in [3.05, 3.63) is 106 Å². The summed E-state index contributed by atoms with van der Waals surface area (Å²) in [6.45, 7) is 8.87. The van der Waals surface area contributed by atoms with E-state index >= 15 is 0 Å². The van der Waals surface area contributed by atoms with Crippen molar-refractivity contribution in [3.63, 3.8) is 0 Å². The molecule has 4 fully saturated rings. The lowest BCUT2D eigenvalue weighted by Gasteiger charge is -2.57. The first-order valence-electron chi connectivity index (χ1n) is 23.6. The number of nitro groups is 1. The van der Waals surface area contributed by atoms with E-state index in [2.05, 4.69) is 77.3 Å². The Morgan fingerprint density at radius 3 is 2.50 bits per heavy atom. The van der Waals surface area contributed by atoms with Crippen molar-refractivity contribution in [3.8, 4) is 11.5 Å². The van der Waals surface area contributed by atoms with Gasteiger partial charge >= 0.3 is 5.69 Å². The van der Waals surface area contributed by atoms with Gasteiger partial charge < -0.3 is 24.7 Å². The number of morpholine rings is 1. The molecule has 0 bridgehead atoms. The fourth-order valence-electron chi connectivity index (χ4n) is 10.7. The molecular weight excluding hydrogens is 907 g/mol. The molecule has 2 saturated carbocycles. The molecule has 3 N–H and O–H groups in total. The van der Waals surface area contributed by atoms with Crippen LogP contribution in [-0.2, 0) is 24.5 Å². The Balaban J connectivity index is 0.884. The minimum Gasteiger partial charge on any atom is -0.455 e. The zero-order chi connectivity index (χ0) is 47.8. The predicted molar refractivity (Wildman–Crippen MR) is 263 cm³/mol. The number of anilines is 2. The maximum Gasteiger partial charge on any atom is 0.312 e. The van der Waals surface area contributed by atoms with Gasteiger partial charge in [-0.2, -0.15) is 0 Å². The minimum absolute atomic E-state index is 0.0188. The van der Waals surface area contributed by atoms with Gasteiger partial charge in [0.1, 0.15) is 22.0 Å². The second-order valence-corrected chi connectivity index (χ2v) is 23.9. The molecule has 5 heterocycles. The third-order valence-corrected chi connectivity index (χ3v) is 16.4.